The second-order valence-electron chi connectivity index (χ2n) is 13.7. The van der Waals surface area contributed by atoms with Crippen LogP contribution in [0.15, 0.2) is 66.1 Å². The number of aromatic nitrogens is 9. The van der Waals surface area contributed by atoms with E-state index in [0.717, 1.165) is 22.7 Å². The number of hydrogen-bond donors (Lipinski definition) is 2. The van der Waals surface area contributed by atoms with E-state index in [1.54, 1.807) is 57.9 Å². The molecule has 1 unspecified atom stereocenters. The van der Waals surface area contributed by atoms with Crippen molar-refractivity contribution in [2.45, 2.75) is 57.2 Å². The molecule has 6 aromatic rings. The summed E-state index contributed by atoms with van der Waals surface area (Å²) in [4.78, 5) is 60.4. The Bertz CT molecular complexity index is 2550. The van der Waals surface area contributed by atoms with Gasteiger partial charge in [0.15, 0.2) is 23.1 Å². The number of nitrogens with zero attached hydrogens (tertiary/aromatic N) is 10. The first kappa shape index (κ1) is 35.8. The zero-order chi connectivity index (χ0) is 38.8. The molecular formula is C36H31ClF3N11O4. The van der Waals surface area contributed by atoms with E-state index in [0.29, 0.717) is 41.9 Å². The van der Waals surface area contributed by atoms with Gasteiger partial charge in [0, 0.05) is 53.9 Å². The normalized spacial score (nSPS) is 16.5. The summed E-state index contributed by atoms with van der Waals surface area (Å²) < 4.78 is 44.2. The summed E-state index contributed by atoms with van der Waals surface area (Å²) in [6.45, 7) is 3.65. The van der Waals surface area contributed by atoms with Crippen LogP contribution in [0, 0.1) is 6.92 Å². The topological polar surface area (TPSA) is 178 Å². The monoisotopic (exact) mass is 773 g/mol. The largest absolute Gasteiger partial charge is 0.504 e. The van der Waals surface area contributed by atoms with Crippen molar-refractivity contribution in [3.8, 4) is 23.0 Å². The number of piperidine rings is 1. The molecule has 6 heterocycles. The summed E-state index contributed by atoms with van der Waals surface area (Å²) in [7, 11) is 0. The molecule has 5 aromatic heterocycles. The van der Waals surface area contributed by atoms with Gasteiger partial charge >= 0.3 is 6.18 Å². The average Bonchev–Trinajstić information content (AvgIpc) is 3.91. The molecule has 1 aromatic carbocycles. The van der Waals surface area contributed by atoms with E-state index in [9.17, 15) is 32.7 Å². The lowest BCUT2D eigenvalue weighted by atomic mass is 9.73. The number of carbonyl (C=O) groups excluding carboxylic acids is 2. The number of carbonyl (C=O) groups is 2. The van der Waals surface area contributed by atoms with Crippen molar-refractivity contribution >= 4 is 34.9 Å². The Morgan fingerprint density at radius 2 is 1.89 bits per heavy atom. The van der Waals surface area contributed by atoms with Crippen LogP contribution in [0.25, 0.3) is 23.0 Å². The third-order valence-electron chi connectivity index (χ3n) is 10.3. The Morgan fingerprint density at radius 3 is 2.56 bits per heavy atom. The fourth-order valence-corrected chi connectivity index (χ4v) is 7.92. The fraction of sp³-hybridized carbons (Fsp3) is 0.306. The van der Waals surface area contributed by atoms with Crippen molar-refractivity contribution in [2.24, 2.45) is 0 Å². The van der Waals surface area contributed by atoms with Gasteiger partial charge in [0.2, 0.25) is 11.7 Å². The predicted octanol–water partition coefficient (Wildman–Crippen LogP) is 4.93. The summed E-state index contributed by atoms with van der Waals surface area (Å²) in [5, 5.41) is 21.6. The lowest BCUT2D eigenvalue weighted by Gasteiger charge is -2.39. The maximum absolute atomic E-state index is 14.6. The molecule has 0 saturated carbocycles. The highest BCUT2D eigenvalue weighted by atomic mass is 35.5. The van der Waals surface area contributed by atoms with Gasteiger partial charge in [-0.3, -0.25) is 14.4 Å². The number of fused-ring (bicyclic) bond motifs is 3. The molecular weight excluding hydrogens is 743 g/mol. The smallest absolute Gasteiger partial charge is 0.416 e. The Labute approximate surface area is 314 Å². The number of nitrogens with one attached hydrogen (secondary N) is 1. The van der Waals surface area contributed by atoms with Crippen LogP contribution in [0.4, 0.5) is 18.9 Å². The molecule has 1 aliphatic heterocycles. The SMILES string of the molecule is Cc1ncnc(C(=O)N2CCC3(CC2)CC(C)c2c3c(=O)n3nc(-c4ccc(-n5cccn5)nc4)nc3n2CC(=O)Nc2ccc(C(F)(F)F)cc2Cl)c1O. The number of likely N-dealkylation sites (tertiary alicyclic amines) is 1. The summed E-state index contributed by atoms with van der Waals surface area (Å²) in [5.41, 5.74) is -0.421. The molecule has 0 bridgehead atoms. The van der Waals surface area contributed by atoms with E-state index in [-0.39, 0.29) is 65.0 Å². The van der Waals surface area contributed by atoms with Crippen LogP contribution in [0.2, 0.25) is 5.02 Å². The van der Waals surface area contributed by atoms with E-state index < -0.39 is 34.5 Å². The van der Waals surface area contributed by atoms with Crippen molar-refractivity contribution in [3.63, 3.8) is 0 Å². The molecule has 1 saturated heterocycles. The highest BCUT2D eigenvalue weighted by Gasteiger charge is 2.49. The molecule has 1 aliphatic carbocycles. The third-order valence-corrected chi connectivity index (χ3v) is 10.6. The molecule has 1 fully saturated rings. The first-order valence-electron chi connectivity index (χ1n) is 17.2. The number of rotatable bonds is 6. The molecule has 55 heavy (non-hydrogen) atoms. The van der Waals surface area contributed by atoms with Crippen LogP contribution in [0.5, 0.6) is 5.75 Å². The van der Waals surface area contributed by atoms with Crippen molar-refractivity contribution < 1.29 is 27.9 Å². The first-order chi connectivity index (χ1) is 26.2. The average molecular weight is 774 g/mol. The molecule has 0 radical (unpaired) electrons. The van der Waals surface area contributed by atoms with Gasteiger partial charge in [-0.15, -0.1) is 5.10 Å². The minimum absolute atomic E-state index is 0.0228. The molecule has 8 rings (SSSR count). The van der Waals surface area contributed by atoms with Crippen LogP contribution < -0.4 is 10.9 Å². The minimum atomic E-state index is -4.62. The van der Waals surface area contributed by atoms with Gasteiger partial charge in [-0.2, -0.15) is 27.8 Å². The van der Waals surface area contributed by atoms with E-state index in [1.165, 1.54) is 6.33 Å². The van der Waals surface area contributed by atoms with Gasteiger partial charge in [-0.05, 0) is 68.5 Å². The molecule has 1 atom stereocenters. The summed E-state index contributed by atoms with van der Waals surface area (Å²) >= 11 is 6.17. The Morgan fingerprint density at radius 1 is 1.11 bits per heavy atom. The van der Waals surface area contributed by atoms with Gasteiger partial charge < -0.3 is 19.9 Å². The maximum Gasteiger partial charge on any atom is 0.416 e. The van der Waals surface area contributed by atoms with Crippen molar-refractivity contribution in [2.75, 3.05) is 18.4 Å². The number of pyridine rings is 1. The molecule has 19 heteroatoms. The van der Waals surface area contributed by atoms with Crippen LogP contribution in [0.3, 0.4) is 0 Å². The van der Waals surface area contributed by atoms with Gasteiger partial charge in [-0.25, -0.2) is 19.6 Å². The number of amides is 2. The van der Waals surface area contributed by atoms with E-state index in [2.05, 4.69) is 30.5 Å². The number of alkyl halides is 3. The number of anilines is 1. The fourth-order valence-electron chi connectivity index (χ4n) is 7.70. The highest BCUT2D eigenvalue weighted by molar-refractivity contribution is 6.33. The third kappa shape index (κ3) is 6.25. The second kappa shape index (κ2) is 13.3. The quantitative estimate of drug-likeness (QED) is 0.236. The van der Waals surface area contributed by atoms with Crippen LogP contribution >= 0.6 is 11.6 Å². The number of benzene rings is 1. The van der Waals surface area contributed by atoms with Gasteiger partial charge in [-0.1, -0.05) is 18.5 Å². The van der Waals surface area contributed by atoms with Gasteiger partial charge in [0.25, 0.3) is 11.5 Å². The summed E-state index contributed by atoms with van der Waals surface area (Å²) in [5.74, 6) is -0.832. The van der Waals surface area contributed by atoms with E-state index >= 15 is 0 Å². The van der Waals surface area contributed by atoms with Gasteiger partial charge in [0.1, 0.15) is 12.9 Å². The molecule has 15 nitrogen and oxygen atoms in total. The number of hydrogen-bond acceptors (Lipinski definition) is 10. The van der Waals surface area contributed by atoms with Gasteiger partial charge in [0.05, 0.1) is 22.0 Å². The molecule has 2 N–H and O–H groups in total. The number of halogens is 4. The molecule has 282 valence electrons. The summed E-state index contributed by atoms with van der Waals surface area (Å²) in [6, 6.07) is 7.85. The molecule has 2 amide bonds. The summed E-state index contributed by atoms with van der Waals surface area (Å²) in [6.07, 6.45) is 2.82. The van der Waals surface area contributed by atoms with Crippen molar-refractivity contribution in [1.82, 2.24) is 48.8 Å². The van der Waals surface area contributed by atoms with Crippen molar-refractivity contribution in [1.29, 1.82) is 0 Å². The number of aromatic hydroxyl groups is 1. The van der Waals surface area contributed by atoms with E-state index in [4.69, 9.17) is 16.6 Å². The number of aryl methyl sites for hydroxylation is 1. The van der Waals surface area contributed by atoms with Crippen LogP contribution in [0.1, 0.15) is 65.1 Å². The van der Waals surface area contributed by atoms with Crippen molar-refractivity contribution in [3.05, 3.63) is 105 Å². The molecule has 1 spiro atoms. The standard InChI is InChI=1S/C36H31ClF3N11O4/c1-19-15-35(8-12-48(13-9-35)33(55)28-30(53)20(2)42-18-43-28)27-29(19)49(17-26(52)45-24-6-5-22(14-23(24)37)36(38,39)40)34-46-31(47-51(34)32(27)54)21-4-7-25(41-16-21)50-11-3-10-44-50/h3-7,10-11,14,16,18-19,53H,8-9,12-13,15,17H2,1-2H3,(H,45,52). The highest BCUT2D eigenvalue weighted by Crippen LogP contribution is 2.50. The second-order valence-corrected chi connectivity index (χ2v) is 14.1. The zero-order valence-corrected chi connectivity index (χ0v) is 30.0. The minimum Gasteiger partial charge on any atom is -0.504 e. The zero-order valence-electron chi connectivity index (χ0n) is 29.2. The Kier molecular flexibility index (Phi) is 8.66. The maximum atomic E-state index is 14.6. The predicted molar refractivity (Wildman–Crippen MR) is 191 cm³/mol. The molecule has 2 aliphatic rings. The van der Waals surface area contributed by atoms with Crippen LogP contribution in [-0.2, 0) is 22.9 Å². The Balaban J connectivity index is 1.18. The first-order valence-corrected chi connectivity index (χ1v) is 17.6. The Hall–Kier alpha value is -6.17. The van der Waals surface area contributed by atoms with E-state index in [1.807, 2.05) is 6.92 Å². The lowest BCUT2D eigenvalue weighted by molar-refractivity contribution is -0.137. The lowest BCUT2D eigenvalue weighted by Crippen LogP contribution is -2.46. The van der Waals surface area contributed by atoms with Crippen LogP contribution in [-0.4, -0.2) is 78.8 Å².